The van der Waals surface area contributed by atoms with E-state index < -0.39 is 26.7 Å². The molecule has 1 heterocycles. The fourth-order valence-electron chi connectivity index (χ4n) is 3.34. The van der Waals surface area contributed by atoms with Gasteiger partial charge < -0.3 is 5.32 Å². The molecule has 3 aromatic rings. The van der Waals surface area contributed by atoms with Gasteiger partial charge in [-0.05, 0) is 48.0 Å². The van der Waals surface area contributed by atoms with Gasteiger partial charge in [-0.3, -0.25) is 9.10 Å². The van der Waals surface area contributed by atoms with Crippen LogP contribution in [-0.2, 0) is 14.8 Å². The van der Waals surface area contributed by atoms with Gasteiger partial charge in [-0.25, -0.2) is 12.8 Å². The van der Waals surface area contributed by atoms with Crippen LogP contribution in [0, 0.1) is 5.82 Å². The van der Waals surface area contributed by atoms with Crippen LogP contribution >= 0.6 is 11.6 Å². The summed E-state index contributed by atoms with van der Waals surface area (Å²) in [4.78, 5) is 12.8. The van der Waals surface area contributed by atoms with Gasteiger partial charge in [-0.1, -0.05) is 41.9 Å². The third-order valence-electron chi connectivity index (χ3n) is 4.78. The van der Waals surface area contributed by atoms with E-state index in [0.717, 1.165) is 4.31 Å². The maximum absolute atomic E-state index is 13.3. The van der Waals surface area contributed by atoms with Crippen LogP contribution in [0.2, 0.25) is 5.02 Å². The van der Waals surface area contributed by atoms with E-state index >= 15 is 0 Å². The lowest BCUT2D eigenvalue weighted by Gasteiger charge is -2.31. The number of carbonyl (C=O) groups is 1. The molecule has 30 heavy (non-hydrogen) atoms. The van der Waals surface area contributed by atoms with Crippen LogP contribution in [0.1, 0.15) is 11.1 Å². The average Bonchev–Trinajstić information content (AvgIpc) is 2.72. The molecular formula is C22H16ClFN2O3S. The summed E-state index contributed by atoms with van der Waals surface area (Å²) in [7, 11) is -2.79. The highest BCUT2D eigenvalue weighted by molar-refractivity contribution is 7.97. The number of nitrogens with one attached hydrogen (secondary N) is 1. The van der Waals surface area contributed by atoms with Crippen LogP contribution in [0.3, 0.4) is 0 Å². The van der Waals surface area contributed by atoms with Gasteiger partial charge in [0, 0.05) is 28.9 Å². The molecule has 0 bridgehead atoms. The molecule has 152 valence electrons. The highest BCUT2D eigenvalue weighted by atomic mass is 35.5. The molecule has 0 radical (unpaired) electrons. The van der Waals surface area contributed by atoms with Crippen molar-refractivity contribution in [2.75, 3.05) is 16.7 Å². The second kappa shape index (κ2) is 7.59. The van der Waals surface area contributed by atoms with E-state index in [9.17, 15) is 17.6 Å². The summed E-state index contributed by atoms with van der Waals surface area (Å²) in [5.74, 6) is -1.29. The van der Waals surface area contributed by atoms with Crippen molar-refractivity contribution in [3.63, 3.8) is 0 Å². The Morgan fingerprint density at radius 2 is 1.67 bits per heavy atom. The summed E-state index contributed by atoms with van der Waals surface area (Å²) in [6.45, 7) is 0. The number of sulfonamides is 1. The van der Waals surface area contributed by atoms with Crippen LogP contribution in [0.25, 0.3) is 5.57 Å². The smallest absolute Gasteiger partial charge is 0.270 e. The largest absolute Gasteiger partial charge is 0.321 e. The number of carbonyl (C=O) groups excluding carboxylic acids is 1. The first kappa shape index (κ1) is 20.1. The Kier molecular flexibility index (Phi) is 5.09. The highest BCUT2D eigenvalue weighted by Crippen LogP contribution is 2.43. The van der Waals surface area contributed by atoms with Gasteiger partial charge in [0.1, 0.15) is 5.82 Å². The van der Waals surface area contributed by atoms with Gasteiger partial charge in [-0.15, -0.1) is 0 Å². The molecular weight excluding hydrogens is 427 g/mol. The van der Waals surface area contributed by atoms with Gasteiger partial charge in [0.05, 0.1) is 5.69 Å². The number of hydrogen-bond donors (Lipinski definition) is 1. The third kappa shape index (κ3) is 3.46. The quantitative estimate of drug-likeness (QED) is 0.641. The predicted octanol–water partition coefficient (Wildman–Crippen LogP) is 4.66. The number of nitrogens with zero attached hydrogens (tertiary/aromatic N) is 1. The van der Waals surface area contributed by atoms with E-state index in [4.69, 9.17) is 11.6 Å². The molecule has 0 aromatic heterocycles. The van der Waals surface area contributed by atoms with Crippen LogP contribution in [-0.4, -0.2) is 21.4 Å². The molecule has 0 aliphatic carbocycles. The molecule has 0 unspecified atom stereocenters. The Morgan fingerprint density at radius 3 is 2.33 bits per heavy atom. The Bertz CT molecular complexity index is 1270. The van der Waals surface area contributed by atoms with E-state index in [1.807, 2.05) is 0 Å². The van der Waals surface area contributed by atoms with Gasteiger partial charge in [0.25, 0.3) is 15.9 Å². The van der Waals surface area contributed by atoms with Crippen molar-refractivity contribution >= 4 is 44.5 Å². The SMILES string of the molecule is CN1c2ccc(Cl)cc2C(c2ccccc2)=C(C(=O)Nc2ccc(F)cc2)S1(=O)=O. The number of anilines is 2. The van der Waals surface area contributed by atoms with Crippen molar-refractivity contribution in [2.45, 2.75) is 0 Å². The number of benzene rings is 3. The predicted molar refractivity (Wildman–Crippen MR) is 116 cm³/mol. The molecule has 3 aromatic carbocycles. The molecule has 1 N–H and O–H groups in total. The van der Waals surface area contributed by atoms with Crippen molar-refractivity contribution in [3.05, 3.63) is 99.7 Å². The number of fused-ring (bicyclic) bond motifs is 1. The van der Waals surface area contributed by atoms with Crippen molar-refractivity contribution in [1.82, 2.24) is 0 Å². The Labute approximate surface area is 178 Å². The zero-order valence-electron chi connectivity index (χ0n) is 15.8. The number of hydrogen-bond acceptors (Lipinski definition) is 3. The van der Waals surface area contributed by atoms with E-state index in [0.29, 0.717) is 21.8 Å². The fourth-order valence-corrected chi connectivity index (χ4v) is 4.98. The minimum absolute atomic E-state index is 0.255. The number of amides is 1. The molecule has 4 rings (SSSR count). The molecule has 1 amide bonds. The lowest BCUT2D eigenvalue weighted by molar-refractivity contribution is -0.112. The van der Waals surface area contributed by atoms with Crippen molar-refractivity contribution in [2.24, 2.45) is 0 Å². The van der Waals surface area contributed by atoms with Gasteiger partial charge in [0.2, 0.25) is 0 Å². The summed E-state index contributed by atoms with van der Waals surface area (Å²) in [6.07, 6.45) is 0. The number of halogens is 2. The van der Waals surface area contributed by atoms with Gasteiger partial charge in [0.15, 0.2) is 4.91 Å². The summed E-state index contributed by atoms with van der Waals surface area (Å²) in [6, 6.07) is 18.7. The molecule has 5 nitrogen and oxygen atoms in total. The lowest BCUT2D eigenvalue weighted by atomic mass is 9.95. The minimum atomic E-state index is -4.17. The normalized spacial score (nSPS) is 15.0. The molecule has 0 atom stereocenters. The average molecular weight is 443 g/mol. The standard InChI is InChI=1S/C22H16ClFN2O3S/c1-26-19-12-7-15(23)13-18(19)20(14-5-3-2-4-6-14)21(30(26,28)29)22(27)25-17-10-8-16(24)9-11-17/h2-13H,1H3,(H,25,27). The fraction of sp³-hybridized carbons (Fsp3) is 0.0455. The second-order valence-electron chi connectivity index (χ2n) is 6.67. The van der Waals surface area contributed by atoms with Gasteiger partial charge in [-0.2, -0.15) is 0 Å². The van der Waals surface area contributed by atoms with Crippen molar-refractivity contribution in [1.29, 1.82) is 0 Å². The van der Waals surface area contributed by atoms with Crippen LogP contribution in [0.15, 0.2) is 77.7 Å². The maximum atomic E-state index is 13.3. The maximum Gasteiger partial charge on any atom is 0.270 e. The molecule has 0 saturated carbocycles. The zero-order valence-corrected chi connectivity index (χ0v) is 17.3. The molecule has 0 saturated heterocycles. The summed E-state index contributed by atoms with van der Waals surface area (Å²) < 4.78 is 41.0. The van der Waals surface area contributed by atoms with E-state index in [1.165, 1.54) is 31.3 Å². The van der Waals surface area contributed by atoms with Crippen molar-refractivity contribution in [3.8, 4) is 0 Å². The Hall–Kier alpha value is -3.16. The molecule has 0 spiro atoms. The number of rotatable bonds is 3. The lowest BCUT2D eigenvalue weighted by Crippen LogP contribution is -2.37. The van der Waals surface area contributed by atoms with Crippen LogP contribution in [0.5, 0.6) is 0 Å². The second-order valence-corrected chi connectivity index (χ2v) is 9.01. The van der Waals surface area contributed by atoms with Gasteiger partial charge >= 0.3 is 0 Å². The first-order valence-corrected chi connectivity index (χ1v) is 10.8. The monoisotopic (exact) mass is 442 g/mol. The molecule has 1 aliphatic rings. The summed E-state index contributed by atoms with van der Waals surface area (Å²) >= 11 is 6.19. The first-order valence-electron chi connectivity index (χ1n) is 8.94. The summed E-state index contributed by atoms with van der Waals surface area (Å²) in [5.41, 5.74) is 2.02. The minimum Gasteiger partial charge on any atom is -0.321 e. The summed E-state index contributed by atoms with van der Waals surface area (Å²) in [5, 5.41) is 2.97. The van der Waals surface area contributed by atoms with Crippen LogP contribution in [0.4, 0.5) is 15.8 Å². The Morgan fingerprint density at radius 1 is 1.00 bits per heavy atom. The molecule has 1 aliphatic heterocycles. The Balaban J connectivity index is 1.98. The first-order chi connectivity index (χ1) is 14.3. The molecule has 8 heteroatoms. The van der Waals surface area contributed by atoms with Crippen LogP contribution < -0.4 is 9.62 Å². The topological polar surface area (TPSA) is 66.5 Å². The van der Waals surface area contributed by atoms with E-state index in [1.54, 1.807) is 48.5 Å². The zero-order chi connectivity index (χ0) is 21.5. The van der Waals surface area contributed by atoms with E-state index in [-0.39, 0.29) is 11.3 Å². The van der Waals surface area contributed by atoms with E-state index in [2.05, 4.69) is 5.32 Å². The highest BCUT2D eigenvalue weighted by Gasteiger charge is 2.39. The third-order valence-corrected chi connectivity index (χ3v) is 6.84. The molecule has 0 fully saturated rings. The van der Waals surface area contributed by atoms with Crippen molar-refractivity contribution < 1.29 is 17.6 Å².